The van der Waals surface area contributed by atoms with E-state index in [2.05, 4.69) is 5.16 Å². The van der Waals surface area contributed by atoms with E-state index < -0.39 is 0 Å². The number of ether oxygens (including phenoxy) is 1. The highest BCUT2D eigenvalue weighted by molar-refractivity contribution is 5.25. The SMILES string of the molecule is Cc1noc(C2CCOC2)c1CCN. The highest BCUT2D eigenvalue weighted by Crippen LogP contribution is 2.29. The second-order valence-corrected chi connectivity index (χ2v) is 3.71. The van der Waals surface area contributed by atoms with Crippen LogP contribution in [0.2, 0.25) is 0 Å². The van der Waals surface area contributed by atoms with Crippen LogP contribution in [0.4, 0.5) is 0 Å². The lowest BCUT2D eigenvalue weighted by molar-refractivity contribution is 0.189. The highest BCUT2D eigenvalue weighted by atomic mass is 16.5. The Bertz CT molecular complexity index is 303. The van der Waals surface area contributed by atoms with Crippen LogP contribution >= 0.6 is 0 Å². The van der Waals surface area contributed by atoms with E-state index in [0.29, 0.717) is 12.5 Å². The molecule has 1 aromatic rings. The first-order valence-corrected chi connectivity index (χ1v) is 5.05. The molecule has 1 atom stereocenters. The number of nitrogens with zero attached hydrogens (tertiary/aromatic N) is 1. The first kappa shape index (κ1) is 9.68. The van der Waals surface area contributed by atoms with Crippen molar-refractivity contribution < 1.29 is 9.26 Å². The molecule has 78 valence electrons. The van der Waals surface area contributed by atoms with Crippen molar-refractivity contribution in [1.29, 1.82) is 0 Å². The molecular weight excluding hydrogens is 180 g/mol. The molecule has 4 heteroatoms. The third-order valence-corrected chi connectivity index (χ3v) is 2.71. The van der Waals surface area contributed by atoms with Gasteiger partial charge >= 0.3 is 0 Å². The summed E-state index contributed by atoms with van der Waals surface area (Å²) in [6, 6.07) is 0. The Morgan fingerprint density at radius 2 is 2.43 bits per heavy atom. The molecule has 0 spiro atoms. The summed E-state index contributed by atoms with van der Waals surface area (Å²) in [6.45, 7) is 4.19. The fourth-order valence-corrected chi connectivity index (χ4v) is 1.92. The average Bonchev–Trinajstić information content (AvgIpc) is 2.77. The average molecular weight is 196 g/mol. The molecule has 0 aliphatic carbocycles. The Morgan fingerprint density at radius 1 is 1.57 bits per heavy atom. The summed E-state index contributed by atoms with van der Waals surface area (Å²) in [5.74, 6) is 1.38. The summed E-state index contributed by atoms with van der Waals surface area (Å²) in [5.41, 5.74) is 7.71. The second kappa shape index (κ2) is 4.11. The van der Waals surface area contributed by atoms with Gasteiger partial charge in [-0.25, -0.2) is 0 Å². The molecule has 1 aromatic heterocycles. The van der Waals surface area contributed by atoms with Gasteiger partial charge in [-0.2, -0.15) is 0 Å². The predicted octanol–water partition coefficient (Wildman–Crippen LogP) is 0.988. The van der Waals surface area contributed by atoms with E-state index in [1.807, 2.05) is 6.92 Å². The first-order valence-electron chi connectivity index (χ1n) is 5.05. The second-order valence-electron chi connectivity index (χ2n) is 3.71. The molecule has 0 amide bonds. The monoisotopic (exact) mass is 196 g/mol. The van der Waals surface area contributed by atoms with E-state index >= 15 is 0 Å². The van der Waals surface area contributed by atoms with Crippen molar-refractivity contribution in [3.63, 3.8) is 0 Å². The lowest BCUT2D eigenvalue weighted by Gasteiger charge is -2.05. The zero-order valence-electron chi connectivity index (χ0n) is 8.45. The maximum Gasteiger partial charge on any atom is 0.145 e. The minimum atomic E-state index is 0.387. The van der Waals surface area contributed by atoms with Gasteiger partial charge in [0.25, 0.3) is 0 Å². The Hall–Kier alpha value is -0.870. The molecule has 4 nitrogen and oxygen atoms in total. The minimum absolute atomic E-state index is 0.387. The fourth-order valence-electron chi connectivity index (χ4n) is 1.92. The van der Waals surface area contributed by atoms with Gasteiger partial charge in [-0.1, -0.05) is 5.16 Å². The van der Waals surface area contributed by atoms with E-state index in [4.69, 9.17) is 15.0 Å². The maximum atomic E-state index is 5.56. The van der Waals surface area contributed by atoms with Crippen molar-refractivity contribution in [3.8, 4) is 0 Å². The fraction of sp³-hybridized carbons (Fsp3) is 0.700. The molecule has 0 saturated carbocycles. The summed E-state index contributed by atoms with van der Waals surface area (Å²) in [5, 5.41) is 3.99. The van der Waals surface area contributed by atoms with Gasteiger partial charge in [0, 0.05) is 18.1 Å². The lowest BCUT2D eigenvalue weighted by Crippen LogP contribution is -2.07. The zero-order valence-corrected chi connectivity index (χ0v) is 8.45. The van der Waals surface area contributed by atoms with Crippen LogP contribution in [0, 0.1) is 6.92 Å². The molecular formula is C10H16N2O2. The van der Waals surface area contributed by atoms with Crippen molar-refractivity contribution in [1.82, 2.24) is 5.16 Å². The summed E-state index contributed by atoms with van der Waals surface area (Å²) < 4.78 is 10.7. The number of aryl methyl sites for hydroxylation is 1. The standard InChI is InChI=1S/C10H16N2O2/c1-7-9(2-4-11)10(14-12-7)8-3-5-13-6-8/h8H,2-6,11H2,1H3. The number of hydrogen-bond donors (Lipinski definition) is 1. The topological polar surface area (TPSA) is 61.3 Å². The molecule has 1 aliphatic rings. The van der Waals surface area contributed by atoms with E-state index in [1.165, 1.54) is 5.56 Å². The van der Waals surface area contributed by atoms with Gasteiger partial charge in [-0.3, -0.25) is 0 Å². The third-order valence-electron chi connectivity index (χ3n) is 2.71. The largest absolute Gasteiger partial charge is 0.381 e. The highest BCUT2D eigenvalue weighted by Gasteiger charge is 2.25. The Kier molecular flexibility index (Phi) is 2.84. The molecule has 0 radical (unpaired) electrons. The van der Waals surface area contributed by atoms with Crippen molar-refractivity contribution in [3.05, 3.63) is 17.0 Å². The van der Waals surface area contributed by atoms with Crippen LogP contribution in [0.15, 0.2) is 4.52 Å². The number of hydrogen-bond acceptors (Lipinski definition) is 4. The number of nitrogens with two attached hydrogens (primary N) is 1. The molecule has 1 fully saturated rings. The molecule has 2 N–H and O–H groups in total. The molecule has 2 heterocycles. The van der Waals surface area contributed by atoms with Gasteiger partial charge < -0.3 is 15.0 Å². The third kappa shape index (κ3) is 1.67. The van der Waals surface area contributed by atoms with Gasteiger partial charge in [0.15, 0.2) is 0 Å². The minimum Gasteiger partial charge on any atom is -0.381 e. The number of aromatic nitrogens is 1. The molecule has 0 bridgehead atoms. The molecule has 14 heavy (non-hydrogen) atoms. The summed E-state index contributed by atoms with van der Waals surface area (Å²) in [7, 11) is 0. The molecule has 1 unspecified atom stereocenters. The van der Waals surface area contributed by atoms with Crippen molar-refractivity contribution in [2.24, 2.45) is 5.73 Å². The van der Waals surface area contributed by atoms with Gasteiger partial charge in [-0.15, -0.1) is 0 Å². The van der Waals surface area contributed by atoms with E-state index in [9.17, 15) is 0 Å². The zero-order chi connectivity index (χ0) is 9.97. The predicted molar refractivity (Wildman–Crippen MR) is 52.2 cm³/mol. The van der Waals surface area contributed by atoms with Crippen molar-refractivity contribution in [2.75, 3.05) is 19.8 Å². The van der Waals surface area contributed by atoms with Gasteiger partial charge in [-0.05, 0) is 26.3 Å². The van der Waals surface area contributed by atoms with E-state index in [1.54, 1.807) is 0 Å². The van der Waals surface area contributed by atoms with Crippen LogP contribution in [0.25, 0.3) is 0 Å². The molecule has 0 aromatic carbocycles. The van der Waals surface area contributed by atoms with Crippen LogP contribution < -0.4 is 5.73 Å². The van der Waals surface area contributed by atoms with Crippen molar-refractivity contribution in [2.45, 2.75) is 25.7 Å². The van der Waals surface area contributed by atoms with Crippen LogP contribution in [0.1, 0.15) is 29.4 Å². The van der Waals surface area contributed by atoms with Crippen LogP contribution in [-0.2, 0) is 11.2 Å². The van der Waals surface area contributed by atoms with Gasteiger partial charge in [0.05, 0.1) is 12.3 Å². The lowest BCUT2D eigenvalue weighted by atomic mass is 9.99. The van der Waals surface area contributed by atoms with Gasteiger partial charge in [0.2, 0.25) is 0 Å². The Balaban J connectivity index is 2.22. The van der Waals surface area contributed by atoms with E-state index in [-0.39, 0.29) is 0 Å². The van der Waals surface area contributed by atoms with E-state index in [0.717, 1.165) is 37.5 Å². The molecule has 1 saturated heterocycles. The van der Waals surface area contributed by atoms with Crippen LogP contribution in [-0.4, -0.2) is 24.9 Å². The quantitative estimate of drug-likeness (QED) is 0.783. The summed E-state index contributed by atoms with van der Waals surface area (Å²) in [6.07, 6.45) is 1.88. The Labute approximate surface area is 83.4 Å². The molecule has 1 aliphatic heterocycles. The van der Waals surface area contributed by atoms with Crippen molar-refractivity contribution >= 4 is 0 Å². The van der Waals surface area contributed by atoms with Crippen LogP contribution in [0.5, 0.6) is 0 Å². The Morgan fingerprint density at radius 3 is 3.07 bits per heavy atom. The normalized spacial score (nSPS) is 21.7. The van der Waals surface area contributed by atoms with Crippen LogP contribution in [0.3, 0.4) is 0 Å². The molecule has 2 rings (SSSR count). The summed E-state index contributed by atoms with van der Waals surface area (Å²) >= 11 is 0. The van der Waals surface area contributed by atoms with Gasteiger partial charge in [0.1, 0.15) is 5.76 Å². The summed E-state index contributed by atoms with van der Waals surface area (Å²) in [4.78, 5) is 0. The smallest absolute Gasteiger partial charge is 0.145 e. The maximum absolute atomic E-state index is 5.56. The first-order chi connectivity index (χ1) is 6.83. The number of rotatable bonds is 3.